The highest BCUT2D eigenvalue weighted by Crippen LogP contribution is 2.31. The molecule has 1 aromatic carbocycles. The van der Waals surface area contributed by atoms with Crippen LogP contribution < -0.4 is 5.14 Å². The predicted octanol–water partition coefficient (Wildman–Crippen LogP) is 2.62. The summed E-state index contributed by atoms with van der Waals surface area (Å²) in [6, 6.07) is 2.80. The van der Waals surface area contributed by atoms with Crippen LogP contribution in [0.1, 0.15) is 29.6 Å². The molecular weight excluding hydrogens is 380 g/mol. The summed E-state index contributed by atoms with van der Waals surface area (Å²) in [6.07, 6.45) is 3.43. The number of hydrogen-bond acceptors (Lipinski definition) is 3. The topological polar surface area (TPSA) is 80.5 Å². The third-order valence-electron chi connectivity index (χ3n) is 3.64. The van der Waals surface area contributed by atoms with E-state index in [1.807, 2.05) is 0 Å². The maximum Gasteiger partial charge on any atom is 0.255 e. The Morgan fingerprint density at radius 1 is 1.48 bits per heavy atom. The number of rotatable bonds is 4. The molecule has 2 rings (SSSR count). The molecule has 0 radical (unpaired) electrons. The standard InChI is InChI=1S/C13H16BrClN2O3S/c1-17(7-8-3-2-4-8)13(18)10-5-9(14)6-11(12(10)15)21(16,19)20/h5-6,8H,2-4,7H2,1H3,(H2,16,19,20). The zero-order valence-corrected chi connectivity index (χ0v) is 14.6. The van der Waals surface area contributed by atoms with Crippen molar-refractivity contribution in [3.8, 4) is 0 Å². The normalized spacial score (nSPS) is 15.6. The predicted molar refractivity (Wildman–Crippen MR) is 84.8 cm³/mol. The van der Waals surface area contributed by atoms with Gasteiger partial charge in [-0.2, -0.15) is 0 Å². The SMILES string of the molecule is CN(CC1CCC1)C(=O)c1cc(Br)cc(S(N)(=O)=O)c1Cl. The summed E-state index contributed by atoms with van der Waals surface area (Å²) >= 11 is 9.24. The van der Waals surface area contributed by atoms with Gasteiger partial charge in [0.1, 0.15) is 4.90 Å². The first-order valence-corrected chi connectivity index (χ1v) is 9.19. The Kier molecular flexibility index (Phi) is 4.97. The minimum absolute atomic E-state index is 0.133. The van der Waals surface area contributed by atoms with E-state index >= 15 is 0 Å². The molecule has 0 unspecified atom stereocenters. The minimum atomic E-state index is -3.99. The van der Waals surface area contributed by atoms with Crippen LogP contribution in [0.2, 0.25) is 5.02 Å². The Hall–Kier alpha value is -0.630. The van der Waals surface area contributed by atoms with Crippen molar-refractivity contribution in [2.75, 3.05) is 13.6 Å². The number of nitrogens with two attached hydrogens (primary N) is 1. The van der Waals surface area contributed by atoms with Crippen molar-refractivity contribution in [2.24, 2.45) is 11.1 Å². The zero-order valence-electron chi connectivity index (χ0n) is 11.5. The molecule has 8 heteroatoms. The van der Waals surface area contributed by atoms with E-state index in [0.717, 1.165) is 12.8 Å². The maximum atomic E-state index is 12.5. The monoisotopic (exact) mass is 394 g/mol. The van der Waals surface area contributed by atoms with E-state index in [-0.39, 0.29) is 21.4 Å². The van der Waals surface area contributed by atoms with Crippen molar-refractivity contribution in [1.82, 2.24) is 4.90 Å². The molecule has 0 atom stereocenters. The highest BCUT2D eigenvalue weighted by molar-refractivity contribution is 9.10. The molecule has 21 heavy (non-hydrogen) atoms. The summed E-state index contributed by atoms with van der Waals surface area (Å²) in [5, 5.41) is 4.99. The average Bonchev–Trinajstić information content (AvgIpc) is 2.33. The van der Waals surface area contributed by atoms with Gasteiger partial charge in [-0.1, -0.05) is 34.0 Å². The highest BCUT2D eigenvalue weighted by atomic mass is 79.9. The van der Waals surface area contributed by atoms with Gasteiger partial charge in [-0.25, -0.2) is 13.6 Å². The molecule has 0 aromatic heterocycles. The van der Waals surface area contributed by atoms with E-state index in [0.29, 0.717) is 16.9 Å². The van der Waals surface area contributed by atoms with Crippen LogP contribution in [0.15, 0.2) is 21.5 Å². The molecule has 0 aliphatic heterocycles. The third kappa shape index (κ3) is 3.77. The van der Waals surface area contributed by atoms with Gasteiger partial charge in [0.05, 0.1) is 10.6 Å². The van der Waals surface area contributed by atoms with Gasteiger partial charge in [-0.05, 0) is 30.9 Å². The molecule has 5 nitrogen and oxygen atoms in total. The Balaban J connectivity index is 2.34. The fraction of sp³-hybridized carbons (Fsp3) is 0.462. The Morgan fingerprint density at radius 2 is 2.10 bits per heavy atom. The molecule has 1 amide bonds. The second-order valence-electron chi connectivity index (χ2n) is 5.29. The Labute approximate surface area is 137 Å². The largest absolute Gasteiger partial charge is 0.341 e. The lowest BCUT2D eigenvalue weighted by Gasteiger charge is -2.30. The summed E-state index contributed by atoms with van der Waals surface area (Å²) in [5.41, 5.74) is 0.136. The molecule has 0 bridgehead atoms. The number of carbonyl (C=O) groups is 1. The summed E-state index contributed by atoms with van der Waals surface area (Å²) < 4.78 is 23.5. The quantitative estimate of drug-likeness (QED) is 0.851. The first-order chi connectivity index (χ1) is 9.70. The van der Waals surface area contributed by atoms with Gasteiger partial charge in [0.15, 0.2) is 0 Å². The molecule has 2 N–H and O–H groups in total. The van der Waals surface area contributed by atoms with Crippen molar-refractivity contribution < 1.29 is 13.2 Å². The van der Waals surface area contributed by atoms with Crippen LogP contribution in [0, 0.1) is 5.92 Å². The number of halogens is 2. The van der Waals surface area contributed by atoms with E-state index in [1.54, 1.807) is 11.9 Å². The molecular formula is C13H16BrClN2O3S. The first kappa shape index (κ1) is 16.7. The first-order valence-electron chi connectivity index (χ1n) is 6.47. The molecule has 1 aliphatic rings. The average molecular weight is 396 g/mol. The molecule has 1 fully saturated rings. The second-order valence-corrected chi connectivity index (χ2v) is 8.12. The number of nitrogens with zero attached hydrogens (tertiary/aromatic N) is 1. The number of amides is 1. The van der Waals surface area contributed by atoms with Crippen molar-refractivity contribution >= 4 is 43.5 Å². The molecule has 116 valence electrons. The van der Waals surface area contributed by atoms with Crippen LogP contribution in [0.3, 0.4) is 0 Å². The molecule has 1 aliphatic carbocycles. The molecule has 1 aromatic rings. The van der Waals surface area contributed by atoms with Crippen molar-refractivity contribution in [1.29, 1.82) is 0 Å². The fourth-order valence-electron chi connectivity index (χ4n) is 2.28. The summed E-state index contributed by atoms with van der Waals surface area (Å²) in [6.45, 7) is 0.645. The fourth-order valence-corrected chi connectivity index (χ4v) is 4.05. The number of sulfonamides is 1. The zero-order chi connectivity index (χ0) is 15.8. The lowest BCUT2D eigenvalue weighted by atomic mass is 9.85. The van der Waals surface area contributed by atoms with Crippen molar-refractivity contribution in [3.05, 3.63) is 27.2 Å². The van der Waals surface area contributed by atoms with E-state index in [1.165, 1.54) is 18.6 Å². The van der Waals surface area contributed by atoms with Crippen molar-refractivity contribution in [3.63, 3.8) is 0 Å². The van der Waals surface area contributed by atoms with Gasteiger partial charge in [-0.3, -0.25) is 4.79 Å². The number of carbonyl (C=O) groups excluding carboxylic acids is 1. The third-order valence-corrected chi connectivity index (χ3v) is 5.56. The van der Waals surface area contributed by atoms with Gasteiger partial charge >= 0.3 is 0 Å². The van der Waals surface area contributed by atoms with E-state index in [9.17, 15) is 13.2 Å². The molecule has 0 spiro atoms. The van der Waals surface area contributed by atoms with Crippen molar-refractivity contribution in [2.45, 2.75) is 24.2 Å². The van der Waals surface area contributed by atoms with E-state index < -0.39 is 10.0 Å². The van der Waals surface area contributed by atoms with Crippen LogP contribution in [0.25, 0.3) is 0 Å². The highest BCUT2D eigenvalue weighted by Gasteiger charge is 2.26. The van der Waals surface area contributed by atoms with Crippen LogP contribution in [-0.2, 0) is 10.0 Å². The van der Waals surface area contributed by atoms with E-state index in [2.05, 4.69) is 15.9 Å². The lowest BCUT2D eigenvalue weighted by Crippen LogP contribution is -2.34. The van der Waals surface area contributed by atoms with Crippen LogP contribution in [-0.4, -0.2) is 32.8 Å². The van der Waals surface area contributed by atoms with Crippen LogP contribution >= 0.6 is 27.5 Å². The number of primary sulfonamides is 1. The summed E-state index contributed by atoms with van der Waals surface area (Å²) in [4.78, 5) is 13.8. The van der Waals surface area contributed by atoms with Gasteiger partial charge in [0.2, 0.25) is 10.0 Å². The smallest absolute Gasteiger partial charge is 0.255 e. The summed E-state index contributed by atoms with van der Waals surface area (Å²) in [7, 11) is -2.30. The summed E-state index contributed by atoms with van der Waals surface area (Å²) in [5.74, 6) is 0.209. The van der Waals surface area contributed by atoms with E-state index in [4.69, 9.17) is 16.7 Å². The second kappa shape index (κ2) is 6.24. The van der Waals surface area contributed by atoms with Gasteiger partial charge < -0.3 is 4.90 Å². The van der Waals surface area contributed by atoms with Gasteiger partial charge in [0.25, 0.3) is 5.91 Å². The lowest BCUT2D eigenvalue weighted by molar-refractivity contribution is 0.0745. The van der Waals surface area contributed by atoms with Crippen LogP contribution in [0.5, 0.6) is 0 Å². The molecule has 0 heterocycles. The maximum absolute atomic E-state index is 12.5. The Morgan fingerprint density at radius 3 is 2.57 bits per heavy atom. The van der Waals surface area contributed by atoms with Gasteiger partial charge in [-0.15, -0.1) is 0 Å². The number of hydrogen-bond donors (Lipinski definition) is 1. The molecule has 1 saturated carbocycles. The number of benzene rings is 1. The minimum Gasteiger partial charge on any atom is -0.341 e. The van der Waals surface area contributed by atoms with Gasteiger partial charge in [0, 0.05) is 18.1 Å². The van der Waals surface area contributed by atoms with Crippen LogP contribution in [0.4, 0.5) is 0 Å². The molecule has 0 saturated heterocycles. The Bertz CT molecular complexity index is 674.